The van der Waals surface area contributed by atoms with Crippen LogP contribution in [-0.2, 0) is 52.4 Å². The zero-order valence-electron chi connectivity index (χ0n) is 16.7. The normalized spacial score (nSPS) is 17.2. The number of carbonyl (C=O) groups excluding carboxylic acids is 1. The maximum Gasteiger partial charge on any atom is 0.259 e. The SMILES string of the molecule is CC(C)(O)c1ncc(S(N)(=O)=NC(=O)Cc2cc3c(c4c2CCC4)CCC3)s1.S. The lowest BCUT2D eigenvalue weighted by atomic mass is 9.93. The number of aryl methyl sites for hydroxylation is 1. The van der Waals surface area contributed by atoms with Gasteiger partial charge in [0, 0.05) is 0 Å². The molecule has 0 fully saturated rings. The van der Waals surface area contributed by atoms with Crippen molar-refractivity contribution in [1.29, 1.82) is 0 Å². The minimum Gasteiger partial charge on any atom is -0.383 e. The Morgan fingerprint density at radius 3 is 2.59 bits per heavy atom. The van der Waals surface area contributed by atoms with Gasteiger partial charge in [0.15, 0.2) is 9.92 Å². The number of thiazole rings is 1. The number of nitrogens with two attached hydrogens (primary N) is 1. The van der Waals surface area contributed by atoms with Crippen molar-refractivity contribution in [2.24, 2.45) is 9.50 Å². The first-order valence-corrected chi connectivity index (χ1v) is 12.0. The maximum absolute atomic E-state index is 12.8. The summed E-state index contributed by atoms with van der Waals surface area (Å²) in [4.78, 5) is 16.7. The van der Waals surface area contributed by atoms with Crippen LogP contribution < -0.4 is 5.14 Å². The average molecular weight is 454 g/mol. The third-order valence-electron chi connectivity index (χ3n) is 5.45. The van der Waals surface area contributed by atoms with Crippen LogP contribution in [-0.4, -0.2) is 20.2 Å². The molecule has 4 rings (SSSR count). The molecule has 1 amide bonds. The van der Waals surface area contributed by atoms with Crippen molar-refractivity contribution in [2.75, 3.05) is 0 Å². The number of benzene rings is 1. The van der Waals surface area contributed by atoms with Crippen LogP contribution in [0.2, 0.25) is 0 Å². The quantitative estimate of drug-likeness (QED) is 0.742. The molecule has 0 spiro atoms. The number of aliphatic hydroxyl groups is 1. The van der Waals surface area contributed by atoms with Crippen LogP contribution in [0.3, 0.4) is 0 Å². The highest BCUT2D eigenvalue weighted by atomic mass is 32.2. The third-order valence-corrected chi connectivity index (χ3v) is 8.68. The Balaban J connectivity index is 0.00000240. The lowest BCUT2D eigenvalue weighted by Crippen LogP contribution is -2.16. The summed E-state index contributed by atoms with van der Waals surface area (Å²) >= 11 is 1.02. The standard InChI is InChI=1S/C20H25N3O3S2.H2S/c1-20(2,25)19-22-11-18(27-19)28(21,26)23-17(24)10-13-9-12-5-3-6-14(12)16-8-4-7-15(13)16;/h9,11,25H,3-8,10H2,1-2H3,(H2,21,23,24,26);1H2. The Hall–Kier alpha value is -1.26. The number of fused-ring (bicyclic) bond motifs is 3. The van der Waals surface area contributed by atoms with E-state index >= 15 is 0 Å². The first-order chi connectivity index (χ1) is 13.1. The van der Waals surface area contributed by atoms with Gasteiger partial charge in [-0.2, -0.15) is 13.5 Å². The van der Waals surface area contributed by atoms with Crippen molar-refractivity contribution in [3.05, 3.63) is 45.1 Å². The predicted molar refractivity (Wildman–Crippen MR) is 120 cm³/mol. The fraction of sp³-hybridized carbons (Fsp3) is 0.500. The molecule has 1 heterocycles. The largest absolute Gasteiger partial charge is 0.383 e. The van der Waals surface area contributed by atoms with E-state index in [1.54, 1.807) is 13.8 Å². The van der Waals surface area contributed by atoms with E-state index in [0.29, 0.717) is 5.01 Å². The van der Waals surface area contributed by atoms with Gasteiger partial charge in [-0.15, -0.1) is 15.7 Å². The lowest BCUT2D eigenvalue weighted by molar-refractivity contribution is -0.117. The zero-order chi connectivity index (χ0) is 20.1. The smallest absolute Gasteiger partial charge is 0.259 e. The predicted octanol–water partition coefficient (Wildman–Crippen LogP) is 2.93. The Morgan fingerprint density at radius 2 is 1.90 bits per heavy atom. The van der Waals surface area contributed by atoms with Gasteiger partial charge in [-0.3, -0.25) is 4.79 Å². The molecule has 1 atom stereocenters. The summed E-state index contributed by atoms with van der Waals surface area (Å²) in [5.74, 6) is -0.474. The molecule has 0 saturated carbocycles. The van der Waals surface area contributed by atoms with Gasteiger partial charge in [0.25, 0.3) is 5.91 Å². The van der Waals surface area contributed by atoms with Crippen molar-refractivity contribution in [3.8, 4) is 0 Å². The Morgan fingerprint density at radius 1 is 1.24 bits per heavy atom. The molecule has 2 aliphatic carbocycles. The fourth-order valence-corrected chi connectivity index (χ4v) is 6.36. The van der Waals surface area contributed by atoms with Crippen LogP contribution in [0.15, 0.2) is 20.8 Å². The van der Waals surface area contributed by atoms with Gasteiger partial charge < -0.3 is 5.11 Å². The molecule has 0 aliphatic heterocycles. The van der Waals surface area contributed by atoms with Gasteiger partial charge in [-0.25, -0.2) is 14.3 Å². The minimum absolute atomic E-state index is 0. The van der Waals surface area contributed by atoms with E-state index < -0.39 is 21.4 Å². The highest BCUT2D eigenvalue weighted by Gasteiger charge is 2.26. The highest BCUT2D eigenvalue weighted by molar-refractivity contribution is 7.93. The fourth-order valence-electron chi connectivity index (χ4n) is 4.23. The van der Waals surface area contributed by atoms with E-state index in [-0.39, 0.29) is 24.1 Å². The van der Waals surface area contributed by atoms with Crippen LogP contribution in [0.5, 0.6) is 0 Å². The van der Waals surface area contributed by atoms with Crippen molar-refractivity contribution < 1.29 is 14.1 Å². The maximum atomic E-state index is 12.8. The van der Waals surface area contributed by atoms with Crippen LogP contribution in [0.25, 0.3) is 0 Å². The molecule has 1 aromatic carbocycles. The third kappa shape index (κ3) is 4.44. The molecule has 1 unspecified atom stereocenters. The summed E-state index contributed by atoms with van der Waals surface area (Å²) in [7, 11) is -3.37. The molecule has 2 aromatic rings. The van der Waals surface area contributed by atoms with Crippen molar-refractivity contribution in [2.45, 2.75) is 68.6 Å². The summed E-state index contributed by atoms with van der Waals surface area (Å²) in [6.45, 7) is 3.18. The van der Waals surface area contributed by atoms with Crippen LogP contribution in [0, 0.1) is 0 Å². The summed E-state index contributed by atoms with van der Waals surface area (Å²) in [5, 5.41) is 16.3. The second-order valence-corrected chi connectivity index (χ2v) is 11.2. The number of carbonyl (C=O) groups is 1. The molecule has 0 bridgehead atoms. The summed E-state index contributed by atoms with van der Waals surface area (Å²) in [6.07, 6.45) is 8.05. The number of hydrogen-bond acceptors (Lipinski definition) is 5. The zero-order valence-corrected chi connectivity index (χ0v) is 19.3. The molecular formula is C20H27N3O3S3. The summed E-state index contributed by atoms with van der Waals surface area (Å²) < 4.78 is 16.9. The lowest BCUT2D eigenvalue weighted by Gasteiger charge is -2.13. The van der Waals surface area contributed by atoms with E-state index in [0.717, 1.165) is 49.0 Å². The second-order valence-electron chi connectivity index (χ2n) is 8.11. The van der Waals surface area contributed by atoms with Crippen LogP contribution >= 0.6 is 24.8 Å². The van der Waals surface area contributed by atoms with Crippen molar-refractivity contribution >= 4 is 40.7 Å². The van der Waals surface area contributed by atoms with E-state index in [2.05, 4.69) is 15.4 Å². The summed E-state index contributed by atoms with van der Waals surface area (Å²) in [6, 6.07) is 2.15. The Bertz CT molecular complexity index is 1080. The van der Waals surface area contributed by atoms with Crippen molar-refractivity contribution in [1.82, 2.24) is 4.98 Å². The monoisotopic (exact) mass is 453 g/mol. The molecule has 158 valence electrons. The van der Waals surface area contributed by atoms with Gasteiger partial charge in [0.1, 0.15) is 14.8 Å². The van der Waals surface area contributed by atoms with E-state index in [1.165, 1.54) is 34.9 Å². The second kappa shape index (κ2) is 8.11. The average Bonchev–Trinajstić information content (AvgIpc) is 3.32. The van der Waals surface area contributed by atoms with E-state index in [4.69, 9.17) is 5.14 Å². The topological polar surface area (TPSA) is 106 Å². The number of nitrogens with zero attached hydrogens (tertiary/aromatic N) is 2. The molecule has 3 N–H and O–H groups in total. The molecule has 0 saturated heterocycles. The molecule has 9 heteroatoms. The minimum atomic E-state index is -3.37. The van der Waals surface area contributed by atoms with Gasteiger partial charge in [0.2, 0.25) is 0 Å². The van der Waals surface area contributed by atoms with E-state index in [1.807, 2.05) is 0 Å². The number of hydrogen-bond donors (Lipinski definition) is 2. The number of aromatic nitrogens is 1. The summed E-state index contributed by atoms with van der Waals surface area (Å²) in [5.41, 5.74) is 5.42. The Labute approximate surface area is 182 Å². The first kappa shape index (κ1) is 22.4. The highest BCUT2D eigenvalue weighted by Crippen LogP contribution is 2.36. The molecule has 1 aromatic heterocycles. The van der Waals surface area contributed by atoms with Crippen LogP contribution in [0.4, 0.5) is 0 Å². The van der Waals surface area contributed by atoms with E-state index in [9.17, 15) is 14.1 Å². The number of rotatable bonds is 4. The van der Waals surface area contributed by atoms with Gasteiger partial charge in [0.05, 0.1) is 12.6 Å². The van der Waals surface area contributed by atoms with Gasteiger partial charge in [-0.05, 0) is 80.2 Å². The Kier molecular flexibility index (Phi) is 6.27. The molecule has 29 heavy (non-hydrogen) atoms. The molecule has 2 aliphatic rings. The number of amides is 1. The first-order valence-electron chi connectivity index (χ1n) is 9.57. The molecular weight excluding hydrogens is 426 g/mol. The van der Waals surface area contributed by atoms with Gasteiger partial charge in [-0.1, -0.05) is 6.07 Å². The molecule has 0 radical (unpaired) electrons. The van der Waals surface area contributed by atoms with Crippen molar-refractivity contribution in [3.63, 3.8) is 0 Å². The molecule has 6 nitrogen and oxygen atoms in total. The van der Waals surface area contributed by atoms with Crippen LogP contribution in [0.1, 0.15) is 59.5 Å². The van der Waals surface area contributed by atoms with Gasteiger partial charge >= 0.3 is 0 Å².